The van der Waals surface area contributed by atoms with Crippen LogP contribution in [0.1, 0.15) is 62.2 Å². The molecule has 0 bridgehead atoms. The van der Waals surface area contributed by atoms with Crippen LogP contribution >= 0.6 is 0 Å². The quantitative estimate of drug-likeness (QED) is 0.585. The molecule has 32 heavy (non-hydrogen) atoms. The van der Waals surface area contributed by atoms with Gasteiger partial charge in [0, 0.05) is 13.3 Å². The SMILES string of the molecule is COc1cc(CCC(=O)NC2(c3noc(C)n3)CCCCCC2)ccc1OCC(F)(F)F. The molecule has 2 aromatic rings. The number of hydrogen-bond donors (Lipinski definition) is 1. The number of nitrogens with zero attached hydrogens (tertiary/aromatic N) is 2. The fraction of sp³-hybridized carbons (Fsp3) is 0.591. The molecule has 7 nitrogen and oxygen atoms in total. The van der Waals surface area contributed by atoms with Crippen molar-refractivity contribution in [3.63, 3.8) is 0 Å². The van der Waals surface area contributed by atoms with E-state index in [9.17, 15) is 18.0 Å². The number of hydrogen-bond acceptors (Lipinski definition) is 6. The summed E-state index contributed by atoms with van der Waals surface area (Å²) in [5, 5.41) is 7.22. The number of aromatic nitrogens is 2. The van der Waals surface area contributed by atoms with E-state index in [1.165, 1.54) is 13.2 Å². The number of carbonyl (C=O) groups is 1. The smallest absolute Gasteiger partial charge is 0.422 e. The lowest BCUT2D eigenvalue weighted by molar-refractivity contribution is -0.153. The molecular formula is C22H28F3N3O4. The van der Waals surface area contributed by atoms with Gasteiger partial charge in [-0.25, -0.2) is 0 Å². The maximum absolute atomic E-state index is 12.8. The summed E-state index contributed by atoms with van der Waals surface area (Å²) in [7, 11) is 1.36. The molecule has 1 N–H and O–H groups in total. The summed E-state index contributed by atoms with van der Waals surface area (Å²) in [6, 6.07) is 4.64. The van der Waals surface area contributed by atoms with Gasteiger partial charge in [0.25, 0.3) is 0 Å². The second-order valence-electron chi connectivity index (χ2n) is 8.07. The highest BCUT2D eigenvalue weighted by Gasteiger charge is 2.38. The third-order valence-corrected chi connectivity index (χ3v) is 5.55. The molecule has 0 atom stereocenters. The van der Waals surface area contributed by atoms with Gasteiger partial charge in [0.2, 0.25) is 11.8 Å². The van der Waals surface area contributed by atoms with Gasteiger partial charge in [0.1, 0.15) is 5.54 Å². The molecule has 0 saturated heterocycles. The average Bonchev–Trinajstić information content (AvgIpc) is 3.05. The first-order valence-corrected chi connectivity index (χ1v) is 10.7. The third-order valence-electron chi connectivity index (χ3n) is 5.55. The molecule has 3 rings (SSSR count). The van der Waals surface area contributed by atoms with Gasteiger partial charge in [0.15, 0.2) is 23.9 Å². The Balaban J connectivity index is 1.65. The van der Waals surface area contributed by atoms with E-state index in [0.717, 1.165) is 44.1 Å². The molecule has 10 heteroatoms. The first-order chi connectivity index (χ1) is 15.2. The Labute approximate surface area is 184 Å². The molecule has 1 aliphatic rings. The molecule has 1 aromatic carbocycles. The number of carbonyl (C=O) groups excluding carboxylic acids is 1. The molecule has 1 aliphatic carbocycles. The Kier molecular flexibility index (Phi) is 7.63. The van der Waals surface area contributed by atoms with Crippen molar-refractivity contribution >= 4 is 5.91 Å². The molecule has 1 saturated carbocycles. The van der Waals surface area contributed by atoms with Crippen molar-refractivity contribution in [3.8, 4) is 11.5 Å². The predicted molar refractivity (Wildman–Crippen MR) is 109 cm³/mol. The fourth-order valence-corrected chi connectivity index (χ4v) is 3.96. The number of methoxy groups -OCH3 is 1. The van der Waals surface area contributed by atoms with Crippen LogP contribution in [0, 0.1) is 6.92 Å². The van der Waals surface area contributed by atoms with Gasteiger partial charge in [-0.3, -0.25) is 4.79 Å². The van der Waals surface area contributed by atoms with E-state index < -0.39 is 18.3 Å². The minimum atomic E-state index is -4.44. The highest BCUT2D eigenvalue weighted by atomic mass is 19.4. The maximum atomic E-state index is 12.8. The lowest BCUT2D eigenvalue weighted by atomic mass is 9.88. The molecule has 176 valence electrons. The Bertz CT molecular complexity index is 906. The maximum Gasteiger partial charge on any atom is 0.422 e. The van der Waals surface area contributed by atoms with Crippen LogP contribution in [-0.2, 0) is 16.8 Å². The Morgan fingerprint density at radius 3 is 2.50 bits per heavy atom. The van der Waals surface area contributed by atoms with Gasteiger partial charge in [-0.2, -0.15) is 18.2 Å². The van der Waals surface area contributed by atoms with Crippen LogP contribution in [0.5, 0.6) is 11.5 Å². The Morgan fingerprint density at radius 1 is 1.19 bits per heavy atom. The van der Waals surface area contributed by atoms with Crippen molar-refractivity contribution < 1.29 is 32.0 Å². The van der Waals surface area contributed by atoms with Crippen LogP contribution in [0.25, 0.3) is 0 Å². The monoisotopic (exact) mass is 455 g/mol. The lowest BCUT2D eigenvalue weighted by Crippen LogP contribution is -2.46. The minimum absolute atomic E-state index is 0.00270. The number of alkyl halides is 3. The normalized spacial score (nSPS) is 16.3. The second kappa shape index (κ2) is 10.2. The number of rotatable bonds is 8. The van der Waals surface area contributed by atoms with Crippen molar-refractivity contribution in [2.75, 3.05) is 13.7 Å². The number of benzene rings is 1. The molecule has 0 spiro atoms. The number of amides is 1. The topological polar surface area (TPSA) is 86.5 Å². The average molecular weight is 455 g/mol. The Morgan fingerprint density at radius 2 is 1.91 bits per heavy atom. The van der Waals surface area contributed by atoms with Gasteiger partial charge in [-0.05, 0) is 37.0 Å². The molecule has 1 amide bonds. The Hall–Kier alpha value is -2.78. The number of nitrogens with one attached hydrogen (secondary N) is 1. The van der Waals surface area contributed by atoms with E-state index in [2.05, 4.69) is 15.5 Å². The van der Waals surface area contributed by atoms with Crippen LogP contribution in [0.2, 0.25) is 0 Å². The predicted octanol–water partition coefficient (Wildman–Crippen LogP) is 4.63. The highest BCUT2D eigenvalue weighted by molar-refractivity contribution is 5.77. The van der Waals surface area contributed by atoms with E-state index in [4.69, 9.17) is 14.0 Å². The lowest BCUT2D eigenvalue weighted by Gasteiger charge is -2.30. The highest BCUT2D eigenvalue weighted by Crippen LogP contribution is 2.35. The summed E-state index contributed by atoms with van der Waals surface area (Å²) in [5.74, 6) is 1.01. The standard InChI is InChI=1S/C22H28F3N3O4/c1-15-26-20(28-32-15)21(11-5-3-4-6-12-21)27-19(29)10-8-16-7-9-17(18(13-16)30-2)31-14-22(23,24)25/h7,9,13H,3-6,8,10-12,14H2,1-2H3,(H,27,29). The molecule has 0 radical (unpaired) electrons. The summed E-state index contributed by atoms with van der Waals surface area (Å²) >= 11 is 0. The van der Waals surface area contributed by atoms with Crippen molar-refractivity contribution in [2.45, 2.75) is 70.0 Å². The van der Waals surface area contributed by atoms with Crippen LogP contribution in [0.15, 0.2) is 22.7 Å². The zero-order valence-electron chi connectivity index (χ0n) is 18.3. The number of aryl methyl sites for hydroxylation is 2. The zero-order chi connectivity index (χ0) is 23.2. The van der Waals surface area contributed by atoms with E-state index in [-0.39, 0.29) is 23.8 Å². The molecular weight excluding hydrogens is 427 g/mol. The second-order valence-corrected chi connectivity index (χ2v) is 8.07. The number of halogens is 3. The molecule has 1 aromatic heterocycles. The van der Waals surface area contributed by atoms with Gasteiger partial charge in [-0.15, -0.1) is 0 Å². The van der Waals surface area contributed by atoms with E-state index in [0.29, 0.717) is 18.1 Å². The van der Waals surface area contributed by atoms with E-state index in [1.807, 2.05) is 0 Å². The van der Waals surface area contributed by atoms with Crippen molar-refractivity contribution in [1.29, 1.82) is 0 Å². The third kappa shape index (κ3) is 6.37. The summed E-state index contributed by atoms with van der Waals surface area (Å²) in [5.41, 5.74) is 0.111. The van der Waals surface area contributed by atoms with Gasteiger partial charge in [-0.1, -0.05) is 36.9 Å². The molecule has 1 heterocycles. The van der Waals surface area contributed by atoms with Crippen molar-refractivity contribution in [3.05, 3.63) is 35.5 Å². The zero-order valence-corrected chi connectivity index (χ0v) is 18.3. The summed E-state index contributed by atoms with van der Waals surface area (Å²) in [6.07, 6.45) is 1.76. The van der Waals surface area contributed by atoms with Crippen molar-refractivity contribution in [1.82, 2.24) is 15.5 Å². The van der Waals surface area contributed by atoms with E-state index >= 15 is 0 Å². The minimum Gasteiger partial charge on any atom is -0.493 e. The molecule has 1 fully saturated rings. The van der Waals surface area contributed by atoms with Gasteiger partial charge in [0.05, 0.1) is 7.11 Å². The largest absolute Gasteiger partial charge is 0.493 e. The van der Waals surface area contributed by atoms with Crippen LogP contribution < -0.4 is 14.8 Å². The van der Waals surface area contributed by atoms with Crippen molar-refractivity contribution in [2.24, 2.45) is 0 Å². The number of ether oxygens (including phenoxy) is 2. The molecule has 0 aliphatic heterocycles. The first-order valence-electron chi connectivity index (χ1n) is 10.7. The van der Waals surface area contributed by atoms with Crippen LogP contribution in [0.4, 0.5) is 13.2 Å². The fourth-order valence-electron chi connectivity index (χ4n) is 3.96. The van der Waals surface area contributed by atoms with Crippen LogP contribution in [-0.4, -0.2) is 35.9 Å². The van der Waals surface area contributed by atoms with Crippen LogP contribution in [0.3, 0.4) is 0 Å². The summed E-state index contributed by atoms with van der Waals surface area (Å²) < 4.78 is 52.4. The molecule has 0 unspecified atom stereocenters. The summed E-state index contributed by atoms with van der Waals surface area (Å²) in [6.45, 7) is 0.320. The summed E-state index contributed by atoms with van der Waals surface area (Å²) in [4.78, 5) is 17.2. The van der Waals surface area contributed by atoms with Gasteiger partial charge >= 0.3 is 6.18 Å². The first kappa shape index (κ1) is 23.9. The van der Waals surface area contributed by atoms with E-state index in [1.54, 1.807) is 19.1 Å². The van der Waals surface area contributed by atoms with Gasteiger partial charge < -0.3 is 19.3 Å².